The molecular weight excluding hydrogens is 457 g/mol. The lowest BCUT2D eigenvalue weighted by atomic mass is 10.1. The average Bonchev–Trinajstić information content (AvgIpc) is 2.67. The molecule has 1 heterocycles. The van der Waals surface area contributed by atoms with Crippen LogP contribution in [0.2, 0.25) is 0 Å². The number of ether oxygens (including phenoxy) is 2. The highest BCUT2D eigenvalue weighted by atomic mass is 127. The largest absolute Gasteiger partial charge is 0.462 e. The summed E-state index contributed by atoms with van der Waals surface area (Å²) in [6.45, 7) is 10.4. The second-order valence-electron chi connectivity index (χ2n) is 6.23. The predicted octanol–water partition coefficient (Wildman–Crippen LogP) is 3.45. The smallest absolute Gasteiger partial charge is 0.338 e. The second-order valence-corrected chi connectivity index (χ2v) is 6.23. The molecule has 0 atom stereocenters. The van der Waals surface area contributed by atoms with E-state index in [-0.39, 0.29) is 29.9 Å². The van der Waals surface area contributed by atoms with Crippen LogP contribution in [-0.2, 0) is 16.0 Å². The molecule has 0 aromatic heterocycles. The molecule has 1 aliphatic rings. The van der Waals surface area contributed by atoms with Crippen molar-refractivity contribution in [2.24, 2.45) is 4.99 Å². The number of carbonyl (C=O) groups excluding carboxylic acids is 1. The summed E-state index contributed by atoms with van der Waals surface area (Å²) in [6, 6.07) is 7.45. The Hall–Kier alpha value is -1.35. The highest BCUT2D eigenvalue weighted by molar-refractivity contribution is 14.0. The van der Waals surface area contributed by atoms with E-state index in [1.54, 1.807) is 19.1 Å². The van der Waals surface area contributed by atoms with E-state index in [0.29, 0.717) is 24.8 Å². The van der Waals surface area contributed by atoms with Crippen molar-refractivity contribution >= 4 is 35.9 Å². The number of halogens is 1. The van der Waals surface area contributed by atoms with Gasteiger partial charge in [0.1, 0.15) is 0 Å². The van der Waals surface area contributed by atoms with Crippen molar-refractivity contribution in [2.45, 2.75) is 46.3 Å². The molecule has 2 rings (SSSR count). The van der Waals surface area contributed by atoms with Crippen molar-refractivity contribution in [1.82, 2.24) is 10.2 Å². The number of benzene rings is 1. The Kier molecular flexibility index (Phi) is 11.3. The number of hydrogen-bond acceptors (Lipinski definition) is 4. The van der Waals surface area contributed by atoms with Crippen LogP contribution < -0.4 is 5.32 Å². The van der Waals surface area contributed by atoms with Gasteiger partial charge in [0.2, 0.25) is 0 Å². The fourth-order valence-electron chi connectivity index (χ4n) is 3.02. The lowest BCUT2D eigenvalue weighted by Gasteiger charge is -2.34. The molecule has 0 aliphatic carbocycles. The quantitative estimate of drug-likeness (QED) is 0.275. The second kappa shape index (κ2) is 12.9. The molecule has 1 aromatic carbocycles. The van der Waals surface area contributed by atoms with Gasteiger partial charge in [0, 0.05) is 26.2 Å². The molecule has 0 amide bonds. The molecular formula is C20H32IN3O3. The standard InChI is InChI=1S/C20H31N3O3.HI/c1-4-21-20(23-13-11-18(12-14-23)25-5-2)22-15-16-7-9-17(10-8-16)19(24)26-6-3;/h7-10,18H,4-6,11-15H2,1-3H3,(H,21,22);1H. The highest BCUT2D eigenvalue weighted by Crippen LogP contribution is 2.14. The van der Waals surface area contributed by atoms with Crippen LogP contribution in [0.4, 0.5) is 0 Å². The van der Waals surface area contributed by atoms with Crippen LogP contribution in [0.1, 0.15) is 49.5 Å². The molecule has 0 saturated carbocycles. The van der Waals surface area contributed by atoms with Gasteiger partial charge in [0.15, 0.2) is 5.96 Å². The van der Waals surface area contributed by atoms with Gasteiger partial charge in [-0.1, -0.05) is 12.1 Å². The maximum atomic E-state index is 11.7. The Morgan fingerprint density at radius 2 is 1.81 bits per heavy atom. The molecule has 1 aliphatic heterocycles. The summed E-state index contributed by atoms with van der Waals surface area (Å²) < 4.78 is 10.7. The SMILES string of the molecule is CCNC(=NCc1ccc(C(=O)OCC)cc1)N1CCC(OCC)CC1.I. The summed E-state index contributed by atoms with van der Waals surface area (Å²) in [4.78, 5) is 18.8. The molecule has 1 fully saturated rings. The van der Waals surface area contributed by atoms with Gasteiger partial charge in [-0.2, -0.15) is 0 Å². The Morgan fingerprint density at radius 3 is 2.37 bits per heavy atom. The first-order valence-electron chi connectivity index (χ1n) is 9.58. The number of hydrogen-bond donors (Lipinski definition) is 1. The van der Waals surface area contributed by atoms with Crippen molar-refractivity contribution in [3.63, 3.8) is 0 Å². The maximum absolute atomic E-state index is 11.7. The molecule has 0 bridgehead atoms. The molecule has 7 heteroatoms. The molecule has 0 unspecified atom stereocenters. The number of esters is 1. The van der Waals surface area contributed by atoms with E-state index in [1.165, 1.54) is 0 Å². The summed E-state index contributed by atoms with van der Waals surface area (Å²) in [7, 11) is 0. The van der Waals surface area contributed by atoms with E-state index in [9.17, 15) is 4.79 Å². The van der Waals surface area contributed by atoms with E-state index in [1.807, 2.05) is 19.1 Å². The van der Waals surface area contributed by atoms with Crippen LogP contribution in [0.3, 0.4) is 0 Å². The topological polar surface area (TPSA) is 63.2 Å². The van der Waals surface area contributed by atoms with E-state index < -0.39 is 0 Å². The summed E-state index contributed by atoms with van der Waals surface area (Å²) in [5.41, 5.74) is 1.64. The molecule has 152 valence electrons. The Morgan fingerprint density at radius 1 is 1.15 bits per heavy atom. The van der Waals surface area contributed by atoms with Gasteiger partial charge in [0.05, 0.1) is 24.8 Å². The zero-order valence-electron chi connectivity index (χ0n) is 16.6. The highest BCUT2D eigenvalue weighted by Gasteiger charge is 2.21. The molecule has 1 saturated heterocycles. The van der Waals surface area contributed by atoms with E-state index in [4.69, 9.17) is 14.5 Å². The van der Waals surface area contributed by atoms with Crippen molar-refractivity contribution in [1.29, 1.82) is 0 Å². The van der Waals surface area contributed by atoms with Crippen LogP contribution in [0.25, 0.3) is 0 Å². The van der Waals surface area contributed by atoms with Crippen molar-refractivity contribution < 1.29 is 14.3 Å². The third-order valence-electron chi connectivity index (χ3n) is 4.36. The van der Waals surface area contributed by atoms with Gasteiger partial charge >= 0.3 is 5.97 Å². The Balaban J connectivity index is 0.00000364. The van der Waals surface area contributed by atoms with Crippen LogP contribution in [-0.4, -0.2) is 55.8 Å². The van der Waals surface area contributed by atoms with Crippen LogP contribution in [0.5, 0.6) is 0 Å². The van der Waals surface area contributed by atoms with E-state index in [0.717, 1.165) is 50.6 Å². The van der Waals surface area contributed by atoms with Crippen molar-refractivity contribution in [3.05, 3.63) is 35.4 Å². The minimum absolute atomic E-state index is 0. The average molecular weight is 489 g/mol. The number of likely N-dealkylation sites (tertiary alicyclic amines) is 1. The third kappa shape index (κ3) is 7.65. The monoisotopic (exact) mass is 489 g/mol. The summed E-state index contributed by atoms with van der Waals surface area (Å²) in [6.07, 6.45) is 2.44. The van der Waals surface area contributed by atoms with Gasteiger partial charge in [-0.15, -0.1) is 24.0 Å². The van der Waals surface area contributed by atoms with E-state index >= 15 is 0 Å². The zero-order valence-corrected chi connectivity index (χ0v) is 18.9. The molecule has 0 spiro atoms. The molecule has 0 radical (unpaired) electrons. The lowest BCUT2D eigenvalue weighted by Crippen LogP contribution is -2.47. The van der Waals surface area contributed by atoms with Crippen LogP contribution in [0, 0.1) is 0 Å². The molecule has 1 N–H and O–H groups in total. The Labute approximate surface area is 179 Å². The third-order valence-corrected chi connectivity index (χ3v) is 4.36. The minimum Gasteiger partial charge on any atom is -0.462 e. The van der Waals surface area contributed by atoms with Gasteiger partial charge < -0.3 is 19.7 Å². The number of nitrogens with one attached hydrogen (secondary N) is 1. The van der Waals surface area contributed by atoms with Crippen molar-refractivity contribution in [3.8, 4) is 0 Å². The van der Waals surface area contributed by atoms with Crippen LogP contribution in [0.15, 0.2) is 29.3 Å². The minimum atomic E-state index is -0.284. The number of nitrogens with zero attached hydrogens (tertiary/aromatic N) is 2. The van der Waals surface area contributed by atoms with Gasteiger partial charge in [-0.05, 0) is 51.3 Å². The summed E-state index contributed by atoms with van der Waals surface area (Å²) in [5, 5.41) is 3.38. The van der Waals surface area contributed by atoms with Gasteiger partial charge in [0.25, 0.3) is 0 Å². The van der Waals surface area contributed by atoms with Gasteiger partial charge in [-0.25, -0.2) is 9.79 Å². The number of rotatable bonds is 7. The first kappa shape index (κ1) is 23.7. The maximum Gasteiger partial charge on any atom is 0.338 e. The predicted molar refractivity (Wildman–Crippen MR) is 119 cm³/mol. The Bertz CT molecular complexity index is 585. The van der Waals surface area contributed by atoms with Crippen LogP contribution >= 0.6 is 24.0 Å². The van der Waals surface area contributed by atoms with Gasteiger partial charge in [-0.3, -0.25) is 0 Å². The first-order valence-corrected chi connectivity index (χ1v) is 9.58. The molecule has 6 nitrogen and oxygen atoms in total. The first-order chi connectivity index (χ1) is 12.7. The van der Waals surface area contributed by atoms with E-state index in [2.05, 4.69) is 17.1 Å². The lowest BCUT2D eigenvalue weighted by molar-refractivity contribution is 0.0263. The number of aliphatic imine (C=N–C) groups is 1. The zero-order chi connectivity index (χ0) is 18.8. The molecule has 27 heavy (non-hydrogen) atoms. The fourth-order valence-corrected chi connectivity index (χ4v) is 3.02. The fraction of sp³-hybridized carbons (Fsp3) is 0.600. The molecule has 1 aromatic rings. The number of carbonyl (C=O) groups is 1. The summed E-state index contributed by atoms with van der Waals surface area (Å²) in [5.74, 6) is 0.657. The normalized spacial score (nSPS) is 15.2. The number of piperidine rings is 1. The number of guanidine groups is 1. The van der Waals surface area contributed by atoms with Crippen molar-refractivity contribution in [2.75, 3.05) is 32.8 Å². The summed E-state index contributed by atoms with van der Waals surface area (Å²) >= 11 is 0.